The first-order chi connectivity index (χ1) is 10.7. The fraction of sp³-hybridized carbons (Fsp3) is 0.0714. The van der Waals surface area contributed by atoms with E-state index in [1.165, 1.54) is 30.3 Å². The third-order valence-electron chi connectivity index (χ3n) is 2.81. The molecule has 0 spiro atoms. The largest absolute Gasteiger partial charge is 0.478 e. The van der Waals surface area contributed by atoms with Crippen molar-refractivity contribution in [2.24, 2.45) is 0 Å². The molecule has 0 aromatic heterocycles. The van der Waals surface area contributed by atoms with E-state index in [0.29, 0.717) is 10.6 Å². The summed E-state index contributed by atoms with van der Waals surface area (Å²) in [5, 5.41) is 9.58. The molecule has 0 aliphatic heterocycles. The average molecular weight is 395 g/mol. The number of sulfonamides is 1. The lowest BCUT2D eigenvalue weighted by molar-refractivity contribution is 0.0697. The van der Waals surface area contributed by atoms with Crippen LogP contribution in [-0.2, 0) is 15.8 Å². The molecule has 0 heterocycles. The molecule has 122 valence electrons. The Bertz CT molecular complexity index is 868. The van der Waals surface area contributed by atoms with Crippen LogP contribution in [0.1, 0.15) is 15.9 Å². The van der Waals surface area contributed by atoms with E-state index in [2.05, 4.69) is 4.72 Å². The van der Waals surface area contributed by atoms with Crippen LogP contribution in [0, 0.1) is 0 Å². The van der Waals surface area contributed by atoms with E-state index in [-0.39, 0.29) is 27.0 Å². The first-order valence-electron chi connectivity index (χ1n) is 6.15. The van der Waals surface area contributed by atoms with E-state index in [0.717, 1.165) is 6.07 Å². The Kier molecular flexibility index (Phi) is 5.41. The Labute approximate surface area is 147 Å². The molecule has 0 atom stereocenters. The summed E-state index contributed by atoms with van der Waals surface area (Å²) in [4.78, 5) is 11.0. The lowest BCUT2D eigenvalue weighted by Gasteiger charge is -2.10. The minimum atomic E-state index is -3.76. The second kappa shape index (κ2) is 6.97. The molecular weight excluding hydrogens is 385 g/mol. The molecule has 0 saturated heterocycles. The van der Waals surface area contributed by atoms with Crippen molar-refractivity contribution in [3.8, 4) is 0 Å². The van der Waals surface area contributed by atoms with Crippen LogP contribution in [0.15, 0.2) is 36.4 Å². The normalized spacial score (nSPS) is 11.3. The predicted molar refractivity (Wildman–Crippen MR) is 91.1 cm³/mol. The molecule has 5 nitrogen and oxygen atoms in total. The van der Waals surface area contributed by atoms with Crippen LogP contribution in [0.5, 0.6) is 0 Å². The third kappa shape index (κ3) is 4.75. The zero-order valence-electron chi connectivity index (χ0n) is 11.4. The van der Waals surface area contributed by atoms with Crippen LogP contribution in [0.3, 0.4) is 0 Å². The number of nitrogens with one attached hydrogen (secondary N) is 1. The fourth-order valence-corrected chi connectivity index (χ4v) is 3.51. The summed E-state index contributed by atoms with van der Waals surface area (Å²) >= 11 is 17.4. The summed E-state index contributed by atoms with van der Waals surface area (Å²) in [6.45, 7) is 0. The number of carboxylic acid groups (broad SMARTS) is 1. The number of benzene rings is 2. The maximum Gasteiger partial charge on any atom is 0.337 e. The topological polar surface area (TPSA) is 83.5 Å². The van der Waals surface area contributed by atoms with Crippen LogP contribution in [0.2, 0.25) is 15.1 Å². The van der Waals surface area contributed by atoms with Crippen molar-refractivity contribution in [2.75, 3.05) is 4.72 Å². The van der Waals surface area contributed by atoms with Gasteiger partial charge in [-0.05, 0) is 35.9 Å². The quantitative estimate of drug-likeness (QED) is 0.792. The molecule has 9 heteroatoms. The summed E-state index contributed by atoms with van der Waals surface area (Å²) in [5.41, 5.74) is 0.354. The SMILES string of the molecule is O=C(O)c1cc(NS(=O)(=O)Cc2ccc(Cl)c(Cl)c2)ccc1Cl. The number of carbonyl (C=O) groups is 1. The number of aromatic carboxylic acids is 1. The summed E-state index contributed by atoms with van der Waals surface area (Å²) < 4.78 is 26.6. The van der Waals surface area contributed by atoms with Gasteiger partial charge in [0, 0.05) is 5.69 Å². The number of hydrogen-bond donors (Lipinski definition) is 2. The Balaban J connectivity index is 2.22. The second-order valence-corrected chi connectivity index (χ2v) is 7.55. The van der Waals surface area contributed by atoms with Gasteiger partial charge in [0.05, 0.1) is 26.4 Å². The number of hydrogen-bond acceptors (Lipinski definition) is 3. The minimum absolute atomic E-state index is 0.0185. The molecule has 0 fully saturated rings. The smallest absolute Gasteiger partial charge is 0.337 e. The van der Waals surface area contributed by atoms with Crippen molar-refractivity contribution < 1.29 is 18.3 Å². The highest BCUT2D eigenvalue weighted by Crippen LogP contribution is 2.25. The van der Waals surface area contributed by atoms with Crippen LogP contribution < -0.4 is 4.72 Å². The lowest BCUT2D eigenvalue weighted by atomic mass is 10.2. The Morgan fingerprint density at radius 2 is 1.65 bits per heavy atom. The number of carboxylic acids is 1. The van der Waals surface area contributed by atoms with E-state index in [4.69, 9.17) is 39.9 Å². The van der Waals surface area contributed by atoms with Crippen molar-refractivity contribution in [3.63, 3.8) is 0 Å². The van der Waals surface area contributed by atoms with Crippen molar-refractivity contribution in [1.29, 1.82) is 0 Å². The van der Waals surface area contributed by atoms with E-state index >= 15 is 0 Å². The van der Waals surface area contributed by atoms with E-state index in [1.807, 2.05) is 0 Å². The van der Waals surface area contributed by atoms with E-state index < -0.39 is 16.0 Å². The van der Waals surface area contributed by atoms with Crippen molar-refractivity contribution >= 4 is 56.5 Å². The molecule has 0 amide bonds. The number of anilines is 1. The van der Waals surface area contributed by atoms with Gasteiger partial charge >= 0.3 is 5.97 Å². The summed E-state index contributed by atoms with van der Waals surface area (Å²) in [6.07, 6.45) is 0. The van der Waals surface area contributed by atoms with Gasteiger partial charge in [-0.25, -0.2) is 13.2 Å². The highest BCUT2D eigenvalue weighted by molar-refractivity contribution is 7.91. The van der Waals surface area contributed by atoms with E-state index in [1.54, 1.807) is 0 Å². The van der Waals surface area contributed by atoms with Crippen molar-refractivity contribution in [2.45, 2.75) is 5.75 Å². The number of halogens is 3. The Hall–Kier alpha value is -1.47. The van der Waals surface area contributed by atoms with Gasteiger partial charge in [-0.2, -0.15) is 0 Å². The lowest BCUT2D eigenvalue weighted by Crippen LogP contribution is -2.15. The summed E-state index contributed by atoms with van der Waals surface area (Å²) in [5.74, 6) is -1.59. The molecule has 0 saturated carbocycles. The highest BCUT2D eigenvalue weighted by atomic mass is 35.5. The van der Waals surface area contributed by atoms with E-state index in [9.17, 15) is 13.2 Å². The molecule has 0 aliphatic rings. The molecular formula is C14H10Cl3NO4S. The van der Waals surface area contributed by atoms with Gasteiger partial charge in [0.15, 0.2) is 0 Å². The van der Waals surface area contributed by atoms with Crippen LogP contribution in [0.25, 0.3) is 0 Å². The molecule has 0 unspecified atom stereocenters. The molecule has 2 aromatic carbocycles. The second-order valence-electron chi connectivity index (χ2n) is 4.61. The molecule has 2 aromatic rings. The van der Waals surface area contributed by atoms with Crippen LogP contribution in [0.4, 0.5) is 5.69 Å². The monoisotopic (exact) mass is 393 g/mol. The molecule has 0 aliphatic carbocycles. The molecule has 23 heavy (non-hydrogen) atoms. The number of rotatable bonds is 5. The molecule has 0 radical (unpaired) electrons. The first kappa shape index (κ1) is 17.9. The summed E-state index contributed by atoms with van der Waals surface area (Å²) in [7, 11) is -3.76. The zero-order valence-corrected chi connectivity index (χ0v) is 14.5. The summed E-state index contributed by atoms with van der Waals surface area (Å²) in [6, 6.07) is 8.32. The van der Waals surface area contributed by atoms with Crippen molar-refractivity contribution in [1.82, 2.24) is 0 Å². The van der Waals surface area contributed by atoms with Gasteiger partial charge in [0.25, 0.3) is 0 Å². The third-order valence-corrected chi connectivity index (χ3v) is 5.14. The van der Waals surface area contributed by atoms with Crippen LogP contribution in [-0.4, -0.2) is 19.5 Å². The first-order valence-corrected chi connectivity index (χ1v) is 8.94. The predicted octanol–water partition coefficient (Wildman–Crippen LogP) is 4.29. The molecule has 0 bridgehead atoms. The average Bonchev–Trinajstić information content (AvgIpc) is 2.44. The van der Waals surface area contributed by atoms with Crippen molar-refractivity contribution in [3.05, 3.63) is 62.6 Å². The highest BCUT2D eigenvalue weighted by Gasteiger charge is 2.15. The Morgan fingerprint density at radius 1 is 1.00 bits per heavy atom. The van der Waals surface area contributed by atoms with Crippen LogP contribution >= 0.6 is 34.8 Å². The van der Waals surface area contributed by atoms with Gasteiger partial charge in [0.2, 0.25) is 10.0 Å². The van der Waals surface area contributed by atoms with Gasteiger partial charge in [-0.3, -0.25) is 4.72 Å². The molecule has 2 N–H and O–H groups in total. The minimum Gasteiger partial charge on any atom is -0.478 e. The standard InChI is InChI=1S/C14H10Cl3NO4S/c15-11-4-2-9(6-10(11)14(19)20)18-23(21,22)7-8-1-3-12(16)13(17)5-8/h1-6,18H,7H2,(H,19,20). The zero-order chi connectivity index (χ0) is 17.2. The maximum atomic E-state index is 12.2. The Morgan fingerprint density at radius 3 is 2.26 bits per heavy atom. The fourth-order valence-electron chi connectivity index (χ4n) is 1.82. The molecule has 2 rings (SSSR count). The van der Waals surface area contributed by atoms with Gasteiger partial charge in [0.1, 0.15) is 0 Å². The maximum absolute atomic E-state index is 12.2. The van der Waals surface area contributed by atoms with Gasteiger partial charge in [-0.1, -0.05) is 40.9 Å². The van der Waals surface area contributed by atoms with Gasteiger partial charge in [-0.15, -0.1) is 0 Å². The van der Waals surface area contributed by atoms with Gasteiger partial charge < -0.3 is 5.11 Å².